The second-order valence-corrected chi connectivity index (χ2v) is 6.15. The highest BCUT2D eigenvalue weighted by molar-refractivity contribution is 9.10. The van der Waals surface area contributed by atoms with E-state index in [2.05, 4.69) is 52.4 Å². The van der Waals surface area contributed by atoms with Crippen LogP contribution in [0.1, 0.15) is 57.1 Å². The van der Waals surface area contributed by atoms with Crippen LogP contribution in [-0.4, -0.2) is 20.2 Å². The Balaban J connectivity index is 2.27. The third kappa shape index (κ3) is 7.41. The summed E-state index contributed by atoms with van der Waals surface area (Å²) in [5.41, 5.74) is 1.24. The largest absolute Gasteiger partial charge is 0.372 e. The summed E-state index contributed by atoms with van der Waals surface area (Å²) < 4.78 is 7.15. The van der Waals surface area contributed by atoms with Crippen LogP contribution >= 0.6 is 15.9 Å². The minimum atomic E-state index is 0.156. The van der Waals surface area contributed by atoms with Gasteiger partial charge < -0.3 is 10.1 Å². The van der Waals surface area contributed by atoms with E-state index in [1.165, 1.54) is 44.1 Å². The average Bonchev–Trinajstić information content (AvgIpc) is 2.46. The van der Waals surface area contributed by atoms with Crippen molar-refractivity contribution in [3.8, 4) is 0 Å². The normalized spacial score (nSPS) is 12.6. The van der Waals surface area contributed by atoms with Gasteiger partial charge in [0.25, 0.3) is 0 Å². The van der Waals surface area contributed by atoms with Gasteiger partial charge in [0.1, 0.15) is 0 Å². The first kappa shape index (κ1) is 17.7. The summed E-state index contributed by atoms with van der Waals surface area (Å²) in [6.07, 6.45) is 7.98. The van der Waals surface area contributed by atoms with Crippen LogP contribution in [0.15, 0.2) is 28.7 Å². The van der Waals surface area contributed by atoms with Crippen LogP contribution in [-0.2, 0) is 4.74 Å². The minimum absolute atomic E-state index is 0.156. The fourth-order valence-corrected chi connectivity index (χ4v) is 2.51. The number of hydrogen-bond acceptors (Lipinski definition) is 2. The van der Waals surface area contributed by atoms with E-state index in [4.69, 9.17) is 4.74 Å². The Labute approximate surface area is 132 Å². The van der Waals surface area contributed by atoms with Crippen molar-refractivity contribution in [3.05, 3.63) is 34.3 Å². The van der Waals surface area contributed by atoms with Gasteiger partial charge >= 0.3 is 0 Å². The standard InChI is InChI=1S/C17H28BrNO/c1-3-4-5-6-7-8-13-20-17(14-19-2)15-9-11-16(18)12-10-15/h9-12,17,19H,3-8,13-14H2,1-2H3. The zero-order chi connectivity index (χ0) is 14.6. The average molecular weight is 342 g/mol. The second kappa shape index (κ2) is 11.3. The van der Waals surface area contributed by atoms with Crippen molar-refractivity contribution >= 4 is 15.9 Å². The fourth-order valence-electron chi connectivity index (χ4n) is 2.24. The number of rotatable bonds is 11. The molecule has 0 amide bonds. The molecule has 0 aromatic heterocycles. The summed E-state index contributed by atoms with van der Waals surface area (Å²) in [6, 6.07) is 8.42. The van der Waals surface area contributed by atoms with Crippen molar-refractivity contribution in [3.63, 3.8) is 0 Å². The maximum absolute atomic E-state index is 6.04. The van der Waals surface area contributed by atoms with E-state index in [-0.39, 0.29) is 6.10 Å². The molecule has 1 aromatic carbocycles. The topological polar surface area (TPSA) is 21.3 Å². The van der Waals surface area contributed by atoms with Crippen LogP contribution in [0.3, 0.4) is 0 Å². The minimum Gasteiger partial charge on any atom is -0.372 e. The summed E-state index contributed by atoms with van der Waals surface area (Å²) in [5, 5.41) is 3.21. The Bertz CT molecular complexity index is 339. The SMILES string of the molecule is CCCCCCCCOC(CNC)c1ccc(Br)cc1. The highest BCUT2D eigenvalue weighted by Crippen LogP contribution is 2.20. The van der Waals surface area contributed by atoms with Crippen LogP contribution in [0.4, 0.5) is 0 Å². The summed E-state index contributed by atoms with van der Waals surface area (Å²) in [5.74, 6) is 0. The van der Waals surface area contributed by atoms with Crippen molar-refractivity contribution in [2.24, 2.45) is 0 Å². The lowest BCUT2D eigenvalue weighted by Crippen LogP contribution is -2.20. The van der Waals surface area contributed by atoms with Crippen molar-refractivity contribution in [2.45, 2.75) is 51.6 Å². The maximum atomic E-state index is 6.04. The number of benzene rings is 1. The van der Waals surface area contributed by atoms with E-state index in [0.29, 0.717) is 0 Å². The number of unbranched alkanes of at least 4 members (excludes halogenated alkanes) is 5. The molecule has 3 heteroatoms. The molecule has 0 saturated carbocycles. The van der Waals surface area contributed by atoms with Crippen molar-refractivity contribution in [1.29, 1.82) is 0 Å². The predicted molar refractivity (Wildman–Crippen MR) is 90.1 cm³/mol. The quantitative estimate of drug-likeness (QED) is 0.566. The van der Waals surface area contributed by atoms with Crippen LogP contribution in [0.5, 0.6) is 0 Å². The second-order valence-electron chi connectivity index (χ2n) is 5.24. The number of ether oxygens (including phenoxy) is 1. The van der Waals surface area contributed by atoms with E-state index in [0.717, 1.165) is 17.6 Å². The lowest BCUT2D eigenvalue weighted by molar-refractivity contribution is 0.0511. The summed E-state index contributed by atoms with van der Waals surface area (Å²) in [6.45, 7) is 3.97. The Morgan fingerprint density at radius 1 is 1.05 bits per heavy atom. The molecule has 1 rings (SSSR count). The van der Waals surface area contributed by atoms with Gasteiger partial charge in [0, 0.05) is 17.6 Å². The molecule has 114 valence electrons. The molecule has 0 spiro atoms. The monoisotopic (exact) mass is 341 g/mol. The summed E-state index contributed by atoms with van der Waals surface area (Å²) >= 11 is 3.47. The van der Waals surface area contributed by atoms with Crippen LogP contribution in [0.2, 0.25) is 0 Å². The van der Waals surface area contributed by atoms with Gasteiger partial charge in [-0.25, -0.2) is 0 Å². The molecule has 0 aliphatic carbocycles. The molecule has 1 N–H and O–H groups in total. The fraction of sp³-hybridized carbons (Fsp3) is 0.647. The van der Waals surface area contributed by atoms with Crippen molar-refractivity contribution < 1.29 is 4.74 Å². The molecule has 20 heavy (non-hydrogen) atoms. The molecule has 0 aliphatic rings. The van der Waals surface area contributed by atoms with Gasteiger partial charge in [-0.3, -0.25) is 0 Å². The predicted octanol–water partition coefficient (Wildman–Crippen LogP) is 5.09. The summed E-state index contributed by atoms with van der Waals surface area (Å²) in [7, 11) is 1.97. The highest BCUT2D eigenvalue weighted by Gasteiger charge is 2.10. The Hall–Kier alpha value is -0.380. The van der Waals surface area contributed by atoms with E-state index in [9.17, 15) is 0 Å². The molecule has 0 fully saturated rings. The molecule has 0 radical (unpaired) electrons. The zero-order valence-electron chi connectivity index (χ0n) is 12.8. The molecule has 0 heterocycles. The smallest absolute Gasteiger partial charge is 0.0949 e. The Morgan fingerprint density at radius 2 is 1.70 bits per heavy atom. The van der Waals surface area contributed by atoms with Gasteiger partial charge in [-0.15, -0.1) is 0 Å². The van der Waals surface area contributed by atoms with Gasteiger partial charge in [-0.1, -0.05) is 67.1 Å². The van der Waals surface area contributed by atoms with Gasteiger partial charge in [0.2, 0.25) is 0 Å². The van der Waals surface area contributed by atoms with Crippen LogP contribution in [0.25, 0.3) is 0 Å². The maximum Gasteiger partial charge on any atom is 0.0949 e. The number of hydrogen-bond donors (Lipinski definition) is 1. The van der Waals surface area contributed by atoms with Gasteiger partial charge in [0.15, 0.2) is 0 Å². The van der Waals surface area contributed by atoms with Crippen LogP contribution in [0, 0.1) is 0 Å². The Kier molecular flexibility index (Phi) is 9.98. The molecular formula is C17H28BrNO. The zero-order valence-corrected chi connectivity index (χ0v) is 14.4. The van der Waals surface area contributed by atoms with Crippen molar-refractivity contribution in [1.82, 2.24) is 5.32 Å². The summed E-state index contributed by atoms with van der Waals surface area (Å²) in [4.78, 5) is 0. The van der Waals surface area contributed by atoms with E-state index < -0.39 is 0 Å². The molecule has 0 bridgehead atoms. The number of nitrogens with one attached hydrogen (secondary N) is 1. The van der Waals surface area contributed by atoms with E-state index in [1.54, 1.807) is 0 Å². The molecule has 1 aromatic rings. The lowest BCUT2D eigenvalue weighted by atomic mass is 10.1. The molecule has 1 atom stereocenters. The molecular weight excluding hydrogens is 314 g/mol. The Morgan fingerprint density at radius 3 is 2.35 bits per heavy atom. The van der Waals surface area contributed by atoms with Crippen molar-refractivity contribution in [2.75, 3.05) is 20.2 Å². The number of likely N-dealkylation sites (N-methyl/N-ethyl adjacent to an activating group) is 1. The highest BCUT2D eigenvalue weighted by atomic mass is 79.9. The molecule has 0 saturated heterocycles. The van der Waals surface area contributed by atoms with Crippen LogP contribution < -0.4 is 5.32 Å². The van der Waals surface area contributed by atoms with Gasteiger partial charge in [-0.2, -0.15) is 0 Å². The third-order valence-electron chi connectivity index (χ3n) is 3.45. The van der Waals surface area contributed by atoms with Gasteiger partial charge in [-0.05, 0) is 31.2 Å². The number of halogens is 1. The first-order valence-corrected chi connectivity index (χ1v) is 8.59. The lowest BCUT2D eigenvalue weighted by Gasteiger charge is -2.18. The molecule has 2 nitrogen and oxygen atoms in total. The molecule has 1 unspecified atom stereocenters. The first-order valence-electron chi connectivity index (χ1n) is 7.79. The van der Waals surface area contributed by atoms with E-state index >= 15 is 0 Å². The van der Waals surface area contributed by atoms with E-state index in [1.807, 2.05) is 7.05 Å². The molecule has 0 aliphatic heterocycles. The van der Waals surface area contributed by atoms with Gasteiger partial charge in [0.05, 0.1) is 6.10 Å². The third-order valence-corrected chi connectivity index (χ3v) is 3.98. The first-order chi connectivity index (χ1) is 9.77.